The number of carbonyl (C=O) groups is 7. The highest BCUT2D eigenvalue weighted by Gasteiger charge is 2.19. The maximum atomic E-state index is 12.1. The first-order valence-corrected chi connectivity index (χ1v) is 27.5. The molecule has 402 valence electrons. The van der Waals surface area contributed by atoms with E-state index >= 15 is 0 Å². The van der Waals surface area contributed by atoms with Crippen LogP contribution in [0.4, 0.5) is 14.4 Å². The van der Waals surface area contributed by atoms with E-state index in [1.165, 1.54) is 29.9 Å². The Morgan fingerprint density at radius 3 is 1.45 bits per heavy atom. The maximum Gasteiger partial charge on any atom is 0.407 e. The predicted octanol–water partition coefficient (Wildman–Crippen LogP) is 8.37. The summed E-state index contributed by atoms with van der Waals surface area (Å²) >= 11 is 4.40. The summed E-state index contributed by atoms with van der Waals surface area (Å²) in [6, 6.07) is 0. The summed E-state index contributed by atoms with van der Waals surface area (Å²) in [7, 11) is 0. The molecule has 6 N–H and O–H groups in total. The fourth-order valence-corrected chi connectivity index (χ4v) is 6.94. The first kappa shape index (κ1) is 69.6. The van der Waals surface area contributed by atoms with Gasteiger partial charge in [0.2, 0.25) is 0 Å². The maximum absolute atomic E-state index is 12.1. The monoisotopic (exact) mass is 1040 g/mol. The van der Waals surface area contributed by atoms with E-state index in [9.17, 15) is 33.6 Å². The highest BCUT2D eigenvalue weighted by atomic mass is 32.2. The molecule has 1 saturated heterocycles. The first-order chi connectivity index (χ1) is 32.7. The molecule has 1 rings (SSSR count). The zero-order valence-electron chi connectivity index (χ0n) is 43.2. The van der Waals surface area contributed by atoms with E-state index in [0.717, 1.165) is 63.1 Å². The number of unbranched alkanes of at least 4 members (excludes halogenated alkanes) is 6. The molecule has 1 heterocycles. The number of carbonyl (C=O) groups excluding carboxylic acids is 7. The molecule has 0 aromatic rings. The van der Waals surface area contributed by atoms with Crippen molar-refractivity contribution in [3.05, 3.63) is 24.3 Å². The Morgan fingerprint density at radius 1 is 0.667 bits per heavy atom. The van der Waals surface area contributed by atoms with E-state index in [2.05, 4.69) is 28.5 Å². The fourth-order valence-electron chi connectivity index (χ4n) is 4.70. The minimum Gasteiger partial charge on any atom is -0.465 e. The molecule has 0 aromatic carbocycles. The lowest BCUT2D eigenvalue weighted by Crippen LogP contribution is -2.30. The number of nitrogens with two attached hydrogens (primary N) is 2. The fraction of sp³-hybridized carbons (Fsp3) is 0.771. The molecule has 0 radical (unpaired) electrons. The number of cyclic esters (lactones) is 1. The van der Waals surface area contributed by atoms with Crippen molar-refractivity contribution in [3.8, 4) is 0 Å². The van der Waals surface area contributed by atoms with Gasteiger partial charge in [-0.15, -0.1) is 0 Å². The van der Waals surface area contributed by atoms with Gasteiger partial charge in [-0.3, -0.25) is 9.59 Å². The number of nitrogens with one attached hydrogen (secondary N) is 2. The van der Waals surface area contributed by atoms with Gasteiger partial charge in [0, 0.05) is 47.2 Å². The van der Waals surface area contributed by atoms with Gasteiger partial charge in [0.05, 0.1) is 38.3 Å². The van der Waals surface area contributed by atoms with Gasteiger partial charge in [0.25, 0.3) is 0 Å². The van der Waals surface area contributed by atoms with E-state index in [4.69, 9.17) is 39.9 Å². The van der Waals surface area contributed by atoms with Crippen molar-refractivity contribution in [2.45, 2.75) is 144 Å². The number of hydrogen-bond donors (Lipinski definition) is 4. The number of esters is 4. The molecule has 1 aliphatic heterocycles. The highest BCUT2D eigenvalue weighted by Crippen LogP contribution is 2.18. The van der Waals surface area contributed by atoms with Crippen LogP contribution < -0.4 is 22.1 Å². The molecule has 21 heteroatoms. The third kappa shape index (κ3) is 47.8. The van der Waals surface area contributed by atoms with Crippen molar-refractivity contribution in [2.24, 2.45) is 23.3 Å². The Bertz CT molecular complexity index is 1410. The van der Waals surface area contributed by atoms with Gasteiger partial charge in [0.15, 0.2) is 0 Å². The van der Waals surface area contributed by atoms with Crippen molar-refractivity contribution in [2.75, 3.05) is 81.9 Å². The number of amides is 2. The Labute approximate surface area is 426 Å². The minimum atomic E-state index is -0.463. The molecule has 0 saturated carbocycles. The normalized spacial score (nSPS) is 14.1. The quantitative estimate of drug-likeness (QED) is 0.0208. The van der Waals surface area contributed by atoms with Gasteiger partial charge in [-0.25, -0.2) is 24.0 Å². The molecule has 0 aromatic heterocycles. The van der Waals surface area contributed by atoms with E-state index in [0.29, 0.717) is 87.9 Å². The Hall–Kier alpha value is -3.66. The van der Waals surface area contributed by atoms with Crippen LogP contribution in [0, 0.1) is 11.8 Å². The average Bonchev–Trinajstić information content (AvgIpc) is 3.69. The molecule has 1 aliphatic rings. The van der Waals surface area contributed by atoms with Gasteiger partial charge in [-0.2, -0.15) is 23.5 Å². The summed E-state index contributed by atoms with van der Waals surface area (Å²) in [6.45, 7) is 25.2. The predicted molar refractivity (Wildman–Crippen MR) is 278 cm³/mol. The van der Waals surface area contributed by atoms with Gasteiger partial charge in [-0.05, 0) is 130 Å². The summed E-state index contributed by atoms with van der Waals surface area (Å²) in [5.41, 5.74) is 11.2. The Balaban J connectivity index is -0.00000116. The molecule has 18 nitrogen and oxygen atoms in total. The largest absolute Gasteiger partial charge is 0.465 e. The number of hydrogen-bond acceptors (Lipinski definition) is 19. The van der Waals surface area contributed by atoms with Gasteiger partial charge in [-0.1, -0.05) is 40.3 Å². The van der Waals surface area contributed by atoms with Crippen molar-refractivity contribution < 1.29 is 66.7 Å². The van der Waals surface area contributed by atoms with Gasteiger partial charge < -0.3 is 55.3 Å². The van der Waals surface area contributed by atoms with Gasteiger partial charge >= 0.3 is 41.4 Å². The summed E-state index contributed by atoms with van der Waals surface area (Å²) in [6.07, 6.45) is 10.1. The summed E-state index contributed by atoms with van der Waals surface area (Å²) in [5, 5.41) is 5.33. The lowest BCUT2D eigenvalue weighted by atomic mass is 10.1. The third-order valence-corrected chi connectivity index (χ3v) is 12.1. The van der Waals surface area contributed by atoms with Crippen LogP contribution in [-0.2, 0) is 52.3 Å². The topological polar surface area (TPSA) is 260 Å². The zero-order valence-corrected chi connectivity index (χ0v) is 45.6. The molecule has 69 heavy (non-hydrogen) atoms. The van der Waals surface area contributed by atoms with E-state index in [1.54, 1.807) is 25.6 Å². The van der Waals surface area contributed by atoms with Crippen molar-refractivity contribution in [1.82, 2.24) is 10.6 Å². The van der Waals surface area contributed by atoms with Crippen LogP contribution in [-0.4, -0.2) is 142 Å². The van der Waals surface area contributed by atoms with E-state index < -0.39 is 12.2 Å². The molecular formula is C48H88N4O14S3. The smallest absolute Gasteiger partial charge is 0.407 e. The van der Waals surface area contributed by atoms with Crippen LogP contribution in [0.15, 0.2) is 24.3 Å². The Morgan fingerprint density at radius 2 is 1.09 bits per heavy atom. The third-order valence-electron chi connectivity index (χ3n) is 8.92. The average molecular weight is 1040 g/mol. The molecule has 0 aliphatic carbocycles. The molecule has 5 unspecified atom stereocenters. The van der Waals surface area contributed by atoms with Crippen LogP contribution in [0.5, 0.6) is 0 Å². The second kappa shape index (κ2) is 48.0. The summed E-state index contributed by atoms with van der Waals surface area (Å²) < 4.78 is 35.4. The summed E-state index contributed by atoms with van der Waals surface area (Å²) in [5.74, 6) is 1.14. The highest BCUT2D eigenvalue weighted by molar-refractivity contribution is 8.13. The van der Waals surface area contributed by atoms with Crippen molar-refractivity contribution >= 4 is 76.7 Å². The van der Waals surface area contributed by atoms with Crippen LogP contribution in [0.1, 0.15) is 126 Å². The number of rotatable bonds is 33. The number of alkyl carbamates (subject to hydrolysis) is 2. The van der Waals surface area contributed by atoms with Crippen LogP contribution in [0.3, 0.4) is 0 Å². The van der Waals surface area contributed by atoms with Crippen molar-refractivity contribution in [3.63, 3.8) is 0 Å². The SMILES string of the molecule is C=C(C)C(=O)OCCCCOC(=O)C(=C)C.CC1CSC(=O)O1.CCC(C)C(=O)OCCCCOC(=O)C(C)CSCC(C)OC(=O)NCCCCCNC(=O)OC(C)CSC.NCCCCCN. The summed E-state index contributed by atoms with van der Waals surface area (Å²) in [4.78, 5) is 79.4. The molecular weight excluding hydrogens is 953 g/mol. The zero-order chi connectivity index (χ0) is 52.8. The minimum absolute atomic E-state index is 0.0914. The lowest BCUT2D eigenvalue weighted by molar-refractivity contribution is -0.150. The van der Waals surface area contributed by atoms with Crippen LogP contribution >= 0.6 is 35.3 Å². The molecule has 1 fully saturated rings. The molecule has 2 amide bonds. The van der Waals surface area contributed by atoms with Crippen molar-refractivity contribution in [1.29, 1.82) is 0 Å². The van der Waals surface area contributed by atoms with Gasteiger partial charge in [0.1, 0.15) is 18.3 Å². The number of thioether (sulfide) groups is 3. The van der Waals surface area contributed by atoms with Crippen LogP contribution in [0.25, 0.3) is 0 Å². The lowest BCUT2D eigenvalue weighted by Gasteiger charge is -2.15. The second-order valence-electron chi connectivity index (χ2n) is 16.3. The standard InChI is InChI=1S/C27H50N2O8S2.C12H18O4.C5H14N2.C4H6O2S/c1-7-20(2)24(30)34-15-11-12-16-35-25(31)21(3)17-39-19-23(5)37-27(33)29-14-10-8-9-13-28-26(32)36-22(4)18-38-6;1-9(2)11(13)15-7-5-6-8-16-12(14)10(3)4;6-4-2-1-3-5-7;1-3-2-7-4(5)6-3/h20-23H,7-19H2,1-6H3,(H,28,32)(H,29,33);1,3,5-8H2,2,4H3;1-7H2;3H,2H2,1H3. The second-order valence-corrected chi connectivity index (χ2v) is 19.2. The molecule has 0 spiro atoms. The van der Waals surface area contributed by atoms with Crippen LogP contribution in [0.2, 0.25) is 0 Å². The molecule has 0 bridgehead atoms. The molecule has 5 atom stereocenters. The van der Waals surface area contributed by atoms with E-state index in [1.807, 2.05) is 47.8 Å². The van der Waals surface area contributed by atoms with E-state index in [-0.39, 0.29) is 59.3 Å². The first-order valence-electron chi connectivity index (χ1n) is 23.9. The Kier molecular flexibility index (Phi) is 48.4. The number of ether oxygens (including phenoxy) is 7.